The van der Waals surface area contributed by atoms with Gasteiger partial charge >= 0.3 is 0 Å². The lowest BCUT2D eigenvalue weighted by Crippen LogP contribution is -2.49. The second kappa shape index (κ2) is 5.68. The summed E-state index contributed by atoms with van der Waals surface area (Å²) in [5, 5.41) is 10.6. The molecule has 0 amide bonds. The van der Waals surface area contributed by atoms with E-state index in [4.69, 9.17) is 0 Å². The Morgan fingerprint density at radius 2 is 1.76 bits per heavy atom. The molecule has 3 nitrogen and oxygen atoms in total. The molecule has 1 N–H and O–H groups in total. The van der Waals surface area contributed by atoms with Gasteiger partial charge in [0.15, 0.2) is 0 Å². The van der Waals surface area contributed by atoms with E-state index in [9.17, 15) is 5.11 Å². The van der Waals surface area contributed by atoms with Gasteiger partial charge in [-0.25, -0.2) is 0 Å². The van der Waals surface area contributed by atoms with Crippen LogP contribution in [-0.4, -0.2) is 60.3 Å². The van der Waals surface area contributed by atoms with Gasteiger partial charge < -0.3 is 14.9 Å². The molecule has 0 bridgehead atoms. The van der Waals surface area contributed by atoms with E-state index in [1.807, 2.05) is 0 Å². The number of hydrogen-bond acceptors (Lipinski definition) is 3. The molecular weight excluding hydrogens is 212 g/mol. The Kier molecular flexibility index (Phi) is 4.45. The van der Waals surface area contributed by atoms with Crippen LogP contribution < -0.4 is 0 Å². The number of hydrogen-bond donors (Lipinski definition) is 1. The minimum absolute atomic E-state index is 0.393. The highest BCUT2D eigenvalue weighted by Crippen LogP contribution is 2.29. The van der Waals surface area contributed by atoms with Crippen molar-refractivity contribution in [3.8, 4) is 0 Å². The smallest absolute Gasteiger partial charge is 0.0774 e. The molecule has 0 aromatic heterocycles. The Balaban J connectivity index is 1.81. The van der Waals surface area contributed by atoms with Crippen molar-refractivity contribution in [2.75, 3.05) is 33.7 Å². The fourth-order valence-corrected chi connectivity index (χ4v) is 3.40. The lowest BCUT2D eigenvalue weighted by Gasteiger charge is -2.41. The zero-order chi connectivity index (χ0) is 12.3. The lowest BCUT2D eigenvalue weighted by atomic mass is 9.84. The molecule has 2 aliphatic rings. The summed E-state index contributed by atoms with van der Waals surface area (Å²) in [5.41, 5.74) is -0.393. The Hall–Kier alpha value is -0.120. The Morgan fingerprint density at radius 3 is 2.35 bits per heavy atom. The molecule has 2 rings (SSSR count). The fourth-order valence-electron chi connectivity index (χ4n) is 3.40. The molecule has 0 atom stereocenters. The quantitative estimate of drug-likeness (QED) is 0.813. The molecule has 1 saturated carbocycles. The Labute approximate surface area is 106 Å². The van der Waals surface area contributed by atoms with Crippen LogP contribution >= 0.6 is 0 Å². The molecule has 1 heterocycles. The number of piperidine rings is 1. The van der Waals surface area contributed by atoms with Gasteiger partial charge in [-0.2, -0.15) is 0 Å². The summed E-state index contributed by atoms with van der Waals surface area (Å²) < 4.78 is 0. The number of likely N-dealkylation sites (tertiary alicyclic amines) is 1. The minimum Gasteiger partial charge on any atom is -0.389 e. The molecule has 1 aliphatic heterocycles. The van der Waals surface area contributed by atoms with E-state index >= 15 is 0 Å². The van der Waals surface area contributed by atoms with E-state index in [-0.39, 0.29) is 0 Å². The number of nitrogens with zero attached hydrogens (tertiary/aromatic N) is 2. The van der Waals surface area contributed by atoms with Crippen molar-refractivity contribution in [3.63, 3.8) is 0 Å². The summed E-state index contributed by atoms with van der Waals surface area (Å²) in [6, 6.07) is 0.678. The normalized spacial score (nSPS) is 27.5. The van der Waals surface area contributed by atoms with E-state index in [2.05, 4.69) is 23.9 Å². The second-order valence-corrected chi connectivity index (χ2v) is 6.23. The van der Waals surface area contributed by atoms with Gasteiger partial charge in [-0.05, 0) is 52.9 Å². The number of likely N-dealkylation sites (N-methyl/N-ethyl adjacent to an activating group) is 1. The molecule has 2 fully saturated rings. The average molecular weight is 240 g/mol. The van der Waals surface area contributed by atoms with Gasteiger partial charge in [-0.15, -0.1) is 0 Å². The zero-order valence-electron chi connectivity index (χ0n) is 11.5. The minimum atomic E-state index is -0.393. The lowest BCUT2D eigenvalue weighted by molar-refractivity contribution is -0.0342. The predicted molar refractivity (Wildman–Crippen MR) is 71.2 cm³/mol. The van der Waals surface area contributed by atoms with Gasteiger partial charge in [0.2, 0.25) is 0 Å². The molecule has 17 heavy (non-hydrogen) atoms. The van der Waals surface area contributed by atoms with Crippen LogP contribution in [0.4, 0.5) is 0 Å². The number of aliphatic hydroxyl groups is 1. The predicted octanol–water partition coefficient (Wildman–Crippen LogP) is 1.71. The summed E-state index contributed by atoms with van der Waals surface area (Å²) in [4.78, 5) is 4.82. The van der Waals surface area contributed by atoms with Crippen molar-refractivity contribution in [1.82, 2.24) is 9.80 Å². The van der Waals surface area contributed by atoms with Crippen molar-refractivity contribution in [2.24, 2.45) is 0 Å². The first-order valence-electron chi connectivity index (χ1n) is 7.20. The molecule has 1 aliphatic carbocycles. The van der Waals surface area contributed by atoms with Crippen molar-refractivity contribution in [2.45, 2.75) is 56.6 Å². The highest BCUT2D eigenvalue weighted by Gasteiger charge is 2.32. The second-order valence-electron chi connectivity index (χ2n) is 6.23. The SMILES string of the molecule is CN1CCC(N(C)CC2(O)CCCCC2)CC1. The summed E-state index contributed by atoms with van der Waals surface area (Å²) in [7, 11) is 4.40. The third kappa shape index (κ3) is 3.67. The highest BCUT2D eigenvalue weighted by molar-refractivity contribution is 4.87. The molecule has 0 aromatic rings. The van der Waals surface area contributed by atoms with E-state index in [1.165, 1.54) is 45.2 Å². The Bertz CT molecular complexity index is 230. The van der Waals surface area contributed by atoms with Crippen molar-refractivity contribution >= 4 is 0 Å². The zero-order valence-corrected chi connectivity index (χ0v) is 11.5. The third-order valence-electron chi connectivity index (χ3n) is 4.64. The standard InChI is InChI=1S/C14H28N2O/c1-15-10-6-13(7-11-15)16(2)12-14(17)8-4-3-5-9-14/h13,17H,3-12H2,1-2H3. The molecule has 3 heteroatoms. The average Bonchev–Trinajstić information content (AvgIpc) is 2.30. The molecule has 100 valence electrons. The third-order valence-corrected chi connectivity index (χ3v) is 4.64. The Morgan fingerprint density at radius 1 is 1.18 bits per heavy atom. The number of rotatable bonds is 3. The largest absolute Gasteiger partial charge is 0.389 e. The van der Waals surface area contributed by atoms with E-state index in [1.54, 1.807) is 0 Å². The van der Waals surface area contributed by atoms with Crippen LogP contribution in [0.3, 0.4) is 0 Å². The van der Waals surface area contributed by atoms with Crippen LogP contribution in [-0.2, 0) is 0 Å². The van der Waals surface area contributed by atoms with Crippen molar-refractivity contribution in [3.05, 3.63) is 0 Å². The van der Waals surface area contributed by atoms with Gasteiger partial charge in [0.1, 0.15) is 0 Å². The molecular formula is C14H28N2O. The van der Waals surface area contributed by atoms with Crippen LogP contribution in [0.15, 0.2) is 0 Å². The highest BCUT2D eigenvalue weighted by atomic mass is 16.3. The fraction of sp³-hybridized carbons (Fsp3) is 1.00. The summed E-state index contributed by atoms with van der Waals surface area (Å²) in [5.74, 6) is 0. The monoisotopic (exact) mass is 240 g/mol. The molecule has 0 radical (unpaired) electrons. The van der Waals surface area contributed by atoms with Crippen LogP contribution in [0.25, 0.3) is 0 Å². The van der Waals surface area contributed by atoms with Crippen molar-refractivity contribution < 1.29 is 5.11 Å². The molecule has 0 spiro atoms. The molecule has 0 aromatic carbocycles. The van der Waals surface area contributed by atoms with Crippen LogP contribution in [0.5, 0.6) is 0 Å². The topological polar surface area (TPSA) is 26.7 Å². The summed E-state index contributed by atoms with van der Waals surface area (Å²) >= 11 is 0. The van der Waals surface area contributed by atoms with Crippen molar-refractivity contribution in [1.29, 1.82) is 0 Å². The summed E-state index contributed by atoms with van der Waals surface area (Å²) in [6.07, 6.45) is 8.23. The van der Waals surface area contributed by atoms with Crippen LogP contribution in [0.2, 0.25) is 0 Å². The maximum atomic E-state index is 10.6. The summed E-state index contributed by atoms with van der Waals surface area (Å²) in [6.45, 7) is 3.28. The van der Waals surface area contributed by atoms with E-state index < -0.39 is 5.60 Å². The van der Waals surface area contributed by atoms with Gasteiger partial charge in [0, 0.05) is 12.6 Å². The van der Waals surface area contributed by atoms with Gasteiger partial charge in [-0.3, -0.25) is 0 Å². The van der Waals surface area contributed by atoms with Gasteiger partial charge in [0.05, 0.1) is 5.60 Å². The maximum absolute atomic E-state index is 10.6. The first-order valence-corrected chi connectivity index (χ1v) is 7.20. The van der Waals surface area contributed by atoms with Gasteiger partial charge in [-0.1, -0.05) is 19.3 Å². The first kappa shape index (κ1) is 13.3. The van der Waals surface area contributed by atoms with E-state index in [0.29, 0.717) is 6.04 Å². The van der Waals surface area contributed by atoms with Gasteiger partial charge in [0.25, 0.3) is 0 Å². The molecule has 0 unspecified atom stereocenters. The van der Waals surface area contributed by atoms with E-state index in [0.717, 1.165) is 19.4 Å². The first-order chi connectivity index (χ1) is 8.09. The maximum Gasteiger partial charge on any atom is 0.0774 e. The van der Waals surface area contributed by atoms with Crippen LogP contribution in [0.1, 0.15) is 44.9 Å². The van der Waals surface area contributed by atoms with Crippen LogP contribution in [0, 0.1) is 0 Å². The molecule has 1 saturated heterocycles.